The Labute approximate surface area is 129 Å². The van der Waals surface area contributed by atoms with E-state index in [1.165, 1.54) is 6.07 Å². The first-order chi connectivity index (χ1) is 9.06. The minimum absolute atomic E-state index is 0.102. The molecule has 0 amide bonds. The van der Waals surface area contributed by atoms with Crippen LogP contribution in [-0.4, -0.2) is 4.92 Å². The Morgan fingerprint density at radius 2 is 2.05 bits per heavy atom. The second-order valence-corrected chi connectivity index (χ2v) is 5.50. The number of nitrogens with zero attached hydrogens (tertiary/aromatic N) is 1. The number of halogens is 2. The van der Waals surface area contributed by atoms with E-state index in [0.717, 1.165) is 14.8 Å². The van der Waals surface area contributed by atoms with Crippen LogP contribution in [-0.2, 0) is 6.54 Å². The summed E-state index contributed by atoms with van der Waals surface area (Å²) in [7, 11) is 0. The van der Waals surface area contributed by atoms with E-state index in [9.17, 15) is 10.1 Å². The summed E-state index contributed by atoms with van der Waals surface area (Å²) in [6, 6.07) is 12.1. The van der Waals surface area contributed by atoms with Crippen molar-refractivity contribution in [2.75, 3.05) is 5.32 Å². The third-order valence-corrected chi connectivity index (χ3v) is 3.66. The van der Waals surface area contributed by atoms with Crippen LogP contribution in [0.4, 0.5) is 11.4 Å². The maximum atomic E-state index is 10.7. The van der Waals surface area contributed by atoms with E-state index in [1.54, 1.807) is 18.2 Å². The molecule has 6 heteroatoms. The Bertz CT molecular complexity index is 619. The highest BCUT2D eigenvalue weighted by atomic mass is 127. The third-order valence-electron chi connectivity index (χ3n) is 2.54. The average molecular weight is 389 g/mol. The number of anilines is 1. The van der Waals surface area contributed by atoms with Gasteiger partial charge in [0.2, 0.25) is 0 Å². The molecule has 1 N–H and O–H groups in total. The Kier molecular flexibility index (Phi) is 4.60. The highest BCUT2D eigenvalue weighted by Crippen LogP contribution is 2.23. The van der Waals surface area contributed by atoms with Crippen molar-refractivity contribution < 1.29 is 4.92 Å². The number of nitro benzene ring substituents is 1. The first kappa shape index (κ1) is 14.1. The van der Waals surface area contributed by atoms with Crippen molar-refractivity contribution in [3.8, 4) is 0 Å². The Morgan fingerprint density at radius 3 is 2.74 bits per heavy atom. The lowest BCUT2D eigenvalue weighted by molar-refractivity contribution is -0.384. The molecule has 0 bridgehead atoms. The molecule has 98 valence electrons. The van der Waals surface area contributed by atoms with Crippen LogP contribution in [0.2, 0.25) is 5.02 Å². The van der Waals surface area contributed by atoms with Crippen molar-refractivity contribution in [1.82, 2.24) is 0 Å². The van der Waals surface area contributed by atoms with Crippen LogP contribution in [0, 0.1) is 13.7 Å². The number of benzene rings is 2. The van der Waals surface area contributed by atoms with Crippen LogP contribution in [0.1, 0.15) is 5.56 Å². The van der Waals surface area contributed by atoms with E-state index in [4.69, 9.17) is 11.6 Å². The molecule has 2 aromatic carbocycles. The van der Waals surface area contributed by atoms with Crippen molar-refractivity contribution >= 4 is 45.6 Å². The molecule has 0 unspecified atom stereocenters. The Hall–Kier alpha value is -1.34. The van der Waals surface area contributed by atoms with E-state index in [0.29, 0.717) is 11.6 Å². The number of nitrogens with one attached hydrogen (secondary N) is 1. The zero-order chi connectivity index (χ0) is 13.8. The molecule has 0 aliphatic carbocycles. The summed E-state index contributed by atoms with van der Waals surface area (Å²) < 4.78 is 1.01. The van der Waals surface area contributed by atoms with Gasteiger partial charge in [-0.15, -0.1) is 0 Å². The van der Waals surface area contributed by atoms with Gasteiger partial charge < -0.3 is 5.32 Å². The second kappa shape index (κ2) is 6.21. The maximum absolute atomic E-state index is 10.7. The number of rotatable bonds is 4. The molecule has 0 spiro atoms. The molecule has 19 heavy (non-hydrogen) atoms. The highest BCUT2D eigenvalue weighted by molar-refractivity contribution is 14.1. The summed E-state index contributed by atoms with van der Waals surface area (Å²) in [5.74, 6) is 0. The van der Waals surface area contributed by atoms with E-state index in [2.05, 4.69) is 27.9 Å². The predicted octanol–water partition coefficient (Wildman–Crippen LogP) is 4.46. The maximum Gasteiger partial charge on any atom is 0.269 e. The second-order valence-electron chi connectivity index (χ2n) is 3.90. The van der Waals surface area contributed by atoms with E-state index < -0.39 is 4.92 Å². The first-order valence-electron chi connectivity index (χ1n) is 5.48. The quantitative estimate of drug-likeness (QED) is 0.478. The summed E-state index contributed by atoms with van der Waals surface area (Å²) in [5, 5.41) is 14.6. The van der Waals surface area contributed by atoms with E-state index in [1.807, 2.05) is 18.2 Å². The third kappa shape index (κ3) is 3.81. The average Bonchev–Trinajstić information content (AvgIpc) is 2.38. The van der Waals surface area contributed by atoms with Crippen LogP contribution in [0.3, 0.4) is 0 Å². The van der Waals surface area contributed by atoms with Gasteiger partial charge in [-0.05, 0) is 46.4 Å². The van der Waals surface area contributed by atoms with Gasteiger partial charge in [0, 0.05) is 33.0 Å². The van der Waals surface area contributed by atoms with Crippen molar-refractivity contribution in [2.24, 2.45) is 0 Å². The van der Waals surface area contributed by atoms with Gasteiger partial charge in [-0.25, -0.2) is 0 Å². The molecule has 0 aliphatic heterocycles. The van der Waals surface area contributed by atoms with Crippen LogP contribution < -0.4 is 5.32 Å². The molecule has 0 aliphatic rings. The highest BCUT2D eigenvalue weighted by Gasteiger charge is 2.06. The number of hydrogen-bond acceptors (Lipinski definition) is 3. The van der Waals surface area contributed by atoms with Gasteiger partial charge in [-0.2, -0.15) is 0 Å². The van der Waals surface area contributed by atoms with E-state index >= 15 is 0 Å². The number of nitro groups is 1. The van der Waals surface area contributed by atoms with Crippen LogP contribution in [0.5, 0.6) is 0 Å². The molecular formula is C13H10ClIN2O2. The SMILES string of the molecule is O=[N+]([O-])c1cccc(CNc2ccc(Cl)cc2I)c1. The molecule has 2 aromatic rings. The fourth-order valence-electron chi connectivity index (χ4n) is 1.61. The summed E-state index contributed by atoms with van der Waals surface area (Å²) in [6.45, 7) is 0.527. The molecule has 0 fully saturated rings. The van der Waals surface area contributed by atoms with Crippen LogP contribution >= 0.6 is 34.2 Å². The van der Waals surface area contributed by atoms with Crippen LogP contribution in [0.15, 0.2) is 42.5 Å². The normalized spacial score (nSPS) is 10.2. The molecule has 2 rings (SSSR count). The fourth-order valence-corrected chi connectivity index (χ4v) is 2.67. The lowest BCUT2D eigenvalue weighted by Gasteiger charge is -2.08. The first-order valence-corrected chi connectivity index (χ1v) is 6.94. The van der Waals surface area contributed by atoms with E-state index in [-0.39, 0.29) is 5.69 Å². The van der Waals surface area contributed by atoms with Gasteiger partial charge in [0.15, 0.2) is 0 Å². The van der Waals surface area contributed by atoms with Crippen molar-refractivity contribution in [3.63, 3.8) is 0 Å². The lowest BCUT2D eigenvalue weighted by atomic mass is 10.2. The molecule has 0 atom stereocenters. The molecule has 0 radical (unpaired) electrons. The topological polar surface area (TPSA) is 55.2 Å². The number of non-ortho nitro benzene ring substituents is 1. The Balaban J connectivity index is 2.10. The molecule has 0 aromatic heterocycles. The molecular weight excluding hydrogens is 379 g/mol. The largest absolute Gasteiger partial charge is 0.380 e. The van der Waals surface area contributed by atoms with Gasteiger partial charge in [0.05, 0.1) is 4.92 Å². The minimum atomic E-state index is -0.393. The zero-order valence-electron chi connectivity index (χ0n) is 9.77. The van der Waals surface area contributed by atoms with Crippen molar-refractivity contribution in [1.29, 1.82) is 0 Å². The predicted molar refractivity (Wildman–Crippen MR) is 84.6 cm³/mol. The van der Waals surface area contributed by atoms with Crippen molar-refractivity contribution in [3.05, 3.63) is 66.7 Å². The van der Waals surface area contributed by atoms with Gasteiger partial charge in [0.1, 0.15) is 0 Å². The summed E-state index contributed by atoms with van der Waals surface area (Å²) in [6.07, 6.45) is 0. The molecule has 0 heterocycles. The zero-order valence-corrected chi connectivity index (χ0v) is 12.7. The number of hydrogen-bond donors (Lipinski definition) is 1. The fraction of sp³-hybridized carbons (Fsp3) is 0.0769. The van der Waals surface area contributed by atoms with Gasteiger partial charge in [0.25, 0.3) is 5.69 Å². The smallest absolute Gasteiger partial charge is 0.269 e. The monoisotopic (exact) mass is 388 g/mol. The Morgan fingerprint density at radius 1 is 1.26 bits per heavy atom. The van der Waals surface area contributed by atoms with Crippen LogP contribution in [0.25, 0.3) is 0 Å². The minimum Gasteiger partial charge on any atom is -0.380 e. The summed E-state index contributed by atoms with van der Waals surface area (Å²) in [4.78, 5) is 10.3. The van der Waals surface area contributed by atoms with Gasteiger partial charge >= 0.3 is 0 Å². The standard InChI is InChI=1S/C13H10ClIN2O2/c14-10-4-5-13(12(15)7-10)16-8-9-2-1-3-11(6-9)17(18)19/h1-7,16H,8H2. The van der Waals surface area contributed by atoms with Gasteiger partial charge in [-0.3, -0.25) is 10.1 Å². The molecule has 0 saturated heterocycles. The van der Waals surface area contributed by atoms with Crippen molar-refractivity contribution in [2.45, 2.75) is 6.54 Å². The lowest BCUT2D eigenvalue weighted by Crippen LogP contribution is -2.01. The molecule has 0 saturated carbocycles. The van der Waals surface area contributed by atoms with Gasteiger partial charge in [-0.1, -0.05) is 23.7 Å². The summed E-state index contributed by atoms with van der Waals surface area (Å²) in [5.41, 5.74) is 1.92. The summed E-state index contributed by atoms with van der Waals surface area (Å²) >= 11 is 8.07. The molecule has 4 nitrogen and oxygen atoms in total.